The lowest BCUT2D eigenvalue weighted by atomic mass is 10.2. The van der Waals surface area contributed by atoms with Crippen molar-refractivity contribution in [1.29, 1.82) is 0 Å². The Morgan fingerprint density at radius 1 is 1.32 bits per heavy atom. The van der Waals surface area contributed by atoms with Crippen molar-refractivity contribution < 1.29 is 18.3 Å². The summed E-state index contributed by atoms with van der Waals surface area (Å²) in [5.74, 6) is -1.03. The fourth-order valence-electron chi connectivity index (χ4n) is 1.74. The van der Waals surface area contributed by atoms with Gasteiger partial charge >= 0.3 is 5.97 Å². The highest BCUT2D eigenvalue weighted by atomic mass is 35.5. The van der Waals surface area contributed by atoms with Crippen molar-refractivity contribution in [3.05, 3.63) is 28.2 Å². The molecule has 0 aromatic heterocycles. The van der Waals surface area contributed by atoms with Crippen LogP contribution in [0.3, 0.4) is 0 Å². The number of carboxylic acid groups (broad SMARTS) is 1. The number of hydrogen-bond acceptors (Lipinski definition) is 3. The maximum atomic E-state index is 12.1. The van der Waals surface area contributed by atoms with Crippen molar-refractivity contribution in [2.24, 2.45) is 0 Å². The molecule has 1 aromatic rings. The fourth-order valence-corrected chi connectivity index (χ4v) is 3.59. The smallest absolute Gasteiger partial charge is 0.305 e. The summed E-state index contributed by atoms with van der Waals surface area (Å²) in [5, 5.41) is 9.15. The Balaban J connectivity index is 2.23. The van der Waals surface area contributed by atoms with Crippen LogP contribution < -0.4 is 4.72 Å². The third-order valence-corrected chi connectivity index (χ3v) is 5.21. The van der Waals surface area contributed by atoms with E-state index in [1.807, 2.05) is 0 Å². The van der Waals surface area contributed by atoms with Crippen molar-refractivity contribution in [2.45, 2.75) is 29.7 Å². The van der Waals surface area contributed by atoms with Gasteiger partial charge in [-0.2, -0.15) is 0 Å². The molecule has 1 fully saturated rings. The Kier molecular flexibility index (Phi) is 3.79. The lowest BCUT2D eigenvalue weighted by Gasteiger charge is -2.15. The number of nitrogens with one attached hydrogen (secondary N) is 1. The van der Waals surface area contributed by atoms with E-state index in [4.69, 9.17) is 28.3 Å². The SMILES string of the molecule is O=C(O)CC1(NS(=O)(=O)c2ccc(Cl)c(Cl)c2)CC1. The zero-order valence-corrected chi connectivity index (χ0v) is 12.0. The zero-order chi connectivity index (χ0) is 14.3. The van der Waals surface area contributed by atoms with Gasteiger partial charge in [-0.3, -0.25) is 4.79 Å². The Morgan fingerprint density at radius 2 is 1.95 bits per heavy atom. The summed E-state index contributed by atoms with van der Waals surface area (Å²) in [4.78, 5) is 10.7. The Morgan fingerprint density at radius 3 is 2.42 bits per heavy atom. The molecule has 2 rings (SSSR count). The standard InChI is InChI=1S/C11H11Cl2NO4S/c12-8-2-1-7(5-9(8)13)19(17,18)14-11(3-4-11)6-10(15)16/h1-2,5,14H,3-4,6H2,(H,15,16). The molecule has 1 saturated carbocycles. The Hall–Kier alpha value is -0.820. The van der Waals surface area contributed by atoms with Gasteiger partial charge in [-0.15, -0.1) is 0 Å². The van der Waals surface area contributed by atoms with E-state index in [-0.39, 0.29) is 21.4 Å². The van der Waals surface area contributed by atoms with E-state index >= 15 is 0 Å². The zero-order valence-electron chi connectivity index (χ0n) is 9.69. The van der Waals surface area contributed by atoms with Crippen molar-refractivity contribution in [2.75, 3.05) is 0 Å². The highest BCUT2D eigenvalue weighted by Crippen LogP contribution is 2.40. The van der Waals surface area contributed by atoms with Gasteiger partial charge in [0, 0.05) is 5.54 Å². The molecule has 1 aliphatic rings. The highest BCUT2D eigenvalue weighted by Gasteiger charge is 2.47. The minimum Gasteiger partial charge on any atom is -0.481 e. The number of hydrogen-bond donors (Lipinski definition) is 2. The van der Waals surface area contributed by atoms with Crippen LogP contribution in [-0.4, -0.2) is 25.0 Å². The van der Waals surface area contributed by atoms with Gasteiger partial charge in [0.2, 0.25) is 10.0 Å². The molecule has 0 unspecified atom stereocenters. The quantitative estimate of drug-likeness (QED) is 0.870. The van der Waals surface area contributed by atoms with E-state index < -0.39 is 21.5 Å². The van der Waals surface area contributed by atoms with Crippen LogP contribution in [0, 0.1) is 0 Å². The molecular formula is C11H11Cl2NO4S. The van der Waals surface area contributed by atoms with Crippen LogP contribution in [0.2, 0.25) is 10.0 Å². The molecule has 19 heavy (non-hydrogen) atoms. The van der Waals surface area contributed by atoms with Gasteiger partial charge < -0.3 is 5.11 Å². The predicted molar refractivity (Wildman–Crippen MR) is 71.0 cm³/mol. The maximum Gasteiger partial charge on any atom is 0.305 e. The van der Waals surface area contributed by atoms with E-state index in [1.165, 1.54) is 18.2 Å². The first-order valence-electron chi connectivity index (χ1n) is 5.45. The summed E-state index contributed by atoms with van der Waals surface area (Å²) in [5.41, 5.74) is -0.864. The van der Waals surface area contributed by atoms with Gasteiger partial charge in [-0.05, 0) is 31.0 Å². The lowest BCUT2D eigenvalue weighted by molar-refractivity contribution is -0.137. The van der Waals surface area contributed by atoms with Crippen LogP contribution in [0.15, 0.2) is 23.1 Å². The van der Waals surface area contributed by atoms with E-state index in [0.717, 1.165) is 0 Å². The third-order valence-electron chi connectivity index (χ3n) is 2.90. The molecule has 1 aliphatic carbocycles. The summed E-state index contributed by atoms with van der Waals surface area (Å²) in [6.45, 7) is 0. The number of carboxylic acids is 1. The molecule has 5 nitrogen and oxygen atoms in total. The van der Waals surface area contributed by atoms with Crippen LogP contribution in [0.5, 0.6) is 0 Å². The number of aliphatic carboxylic acids is 1. The third kappa shape index (κ3) is 3.39. The second-order valence-electron chi connectivity index (χ2n) is 4.53. The average Bonchev–Trinajstić information content (AvgIpc) is 2.99. The maximum absolute atomic E-state index is 12.1. The largest absolute Gasteiger partial charge is 0.481 e. The molecule has 8 heteroatoms. The van der Waals surface area contributed by atoms with Crippen LogP contribution in [0.25, 0.3) is 0 Å². The average molecular weight is 324 g/mol. The molecular weight excluding hydrogens is 313 g/mol. The second-order valence-corrected chi connectivity index (χ2v) is 7.03. The molecule has 0 atom stereocenters. The number of sulfonamides is 1. The summed E-state index contributed by atoms with van der Waals surface area (Å²) >= 11 is 11.5. The van der Waals surface area contributed by atoms with E-state index in [0.29, 0.717) is 12.8 Å². The predicted octanol–water partition coefficient (Wildman–Crippen LogP) is 2.28. The van der Waals surface area contributed by atoms with Gasteiger partial charge in [-0.1, -0.05) is 23.2 Å². The lowest BCUT2D eigenvalue weighted by Crippen LogP contribution is -2.38. The van der Waals surface area contributed by atoms with Crippen LogP contribution in [0.1, 0.15) is 19.3 Å². The monoisotopic (exact) mass is 323 g/mol. The van der Waals surface area contributed by atoms with Crippen LogP contribution in [0.4, 0.5) is 0 Å². The molecule has 0 saturated heterocycles. The first kappa shape index (κ1) is 14.6. The number of benzene rings is 1. The molecule has 0 radical (unpaired) electrons. The normalized spacial score (nSPS) is 17.2. The first-order chi connectivity index (χ1) is 8.74. The van der Waals surface area contributed by atoms with Crippen LogP contribution >= 0.6 is 23.2 Å². The van der Waals surface area contributed by atoms with Gasteiger partial charge in [0.15, 0.2) is 0 Å². The second kappa shape index (κ2) is 4.94. The van der Waals surface area contributed by atoms with Crippen molar-refractivity contribution >= 4 is 39.2 Å². The topological polar surface area (TPSA) is 83.5 Å². The molecule has 0 amide bonds. The molecule has 0 heterocycles. The van der Waals surface area contributed by atoms with Gasteiger partial charge in [-0.25, -0.2) is 13.1 Å². The van der Waals surface area contributed by atoms with Gasteiger partial charge in [0.05, 0.1) is 21.4 Å². The fraction of sp³-hybridized carbons (Fsp3) is 0.364. The first-order valence-corrected chi connectivity index (χ1v) is 7.69. The van der Waals surface area contributed by atoms with E-state index in [9.17, 15) is 13.2 Å². The molecule has 0 spiro atoms. The van der Waals surface area contributed by atoms with Crippen LogP contribution in [-0.2, 0) is 14.8 Å². The Labute approximate surface area is 120 Å². The Bertz CT molecular complexity index is 626. The highest BCUT2D eigenvalue weighted by molar-refractivity contribution is 7.89. The van der Waals surface area contributed by atoms with Gasteiger partial charge in [0.25, 0.3) is 0 Å². The summed E-state index contributed by atoms with van der Waals surface area (Å²) in [6.07, 6.45) is 0.799. The number of rotatable bonds is 5. The molecule has 0 aliphatic heterocycles. The molecule has 1 aromatic carbocycles. The molecule has 104 valence electrons. The van der Waals surface area contributed by atoms with Crippen molar-refractivity contribution in [3.8, 4) is 0 Å². The van der Waals surface area contributed by atoms with Crippen molar-refractivity contribution in [1.82, 2.24) is 4.72 Å². The van der Waals surface area contributed by atoms with Crippen molar-refractivity contribution in [3.63, 3.8) is 0 Å². The molecule has 2 N–H and O–H groups in total. The van der Waals surface area contributed by atoms with Gasteiger partial charge in [0.1, 0.15) is 0 Å². The minimum absolute atomic E-state index is 0.0291. The summed E-state index contributed by atoms with van der Waals surface area (Å²) in [6, 6.07) is 3.95. The van der Waals surface area contributed by atoms with E-state index in [2.05, 4.69) is 4.72 Å². The minimum atomic E-state index is -3.80. The number of halogens is 2. The van der Waals surface area contributed by atoms with E-state index in [1.54, 1.807) is 0 Å². The summed E-state index contributed by atoms with van der Waals surface area (Å²) < 4.78 is 26.7. The number of carbonyl (C=O) groups is 1. The summed E-state index contributed by atoms with van der Waals surface area (Å²) in [7, 11) is -3.80. The molecule has 0 bridgehead atoms.